The molecule has 8 nitrogen and oxygen atoms in total. The largest absolute Gasteiger partial charge is 0.465 e. The van der Waals surface area contributed by atoms with Crippen molar-refractivity contribution in [2.24, 2.45) is 14.5 Å². The van der Waals surface area contributed by atoms with Crippen LogP contribution >= 0.6 is 21.3 Å². The van der Waals surface area contributed by atoms with Gasteiger partial charge in [0.1, 0.15) is 21.3 Å². The SMILES string of the molecule is Cc1noc(N(CC2CCCC(C)(CN3I=Nc4ccc(C#N)cc43)C2)C(=O)O)c1C. The number of nitriles is 1. The van der Waals surface area contributed by atoms with Gasteiger partial charge in [-0.15, -0.1) is 0 Å². The Morgan fingerprint density at radius 1 is 1.48 bits per heavy atom. The van der Waals surface area contributed by atoms with E-state index in [0.29, 0.717) is 23.7 Å². The molecule has 0 saturated heterocycles. The molecule has 2 heterocycles. The molecule has 2 aliphatic rings. The van der Waals surface area contributed by atoms with Gasteiger partial charge in [-0.2, -0.15) is 5.26 Å². The van der Waals surface area contributed by atoms with Crippen molar-refractivity contribution in [3.63, 3.8) is 0 Å². The highest BCUT2D eigenvalue weighted by molar-refractivity contribution is 14.2. The van der Waals surface area contributed by atoms with E-state index in [9.17, 15) is 15.2 Å². The maximum absolute atomic E-state index is 12.0. The molecule has 4 rings (SSSR count). The summed E-state index contributed by atoms with van der Waals surface area (Å²) in [5.74, 6) is 0.585. The fourth-order valence-corrected chi connectivity index (χ4v) is 7.11. The molecule has 31 heavy (non-hydrogen) atoms. The van der Waals surface area contributed by atoms with Crippen molar-refractivity contribution in [2.45, 2.75) is 46.5 Å². The van der Waals surface area contributed by atoms with Crippen LogP contribution in [0.25, 0.3) is 0 Å². The number of benzene rings is 1. The molecule has 2 unspecified atom stereocenters. The summed E-state index contributed by atoms with van der Waals surface area (Å²) >= 11 is -0.491. The summed E-state index contributed by atoms with van der Waals surface area (Å²) in [5.41, 5.74) is 4.26. The van der Waals surface area contributed by atoms with Crippen molar-refractivity contribution in [3.8, 4) is 6.07 Å². The minimum Gasteiger partial charge on any atom is -0.465 e. The van der Waals surface area contributed by atoms with Crippen LogP contribution in [0, 0.1) is 36.5 Å². The van der Waals surface area contributed by atoms with Crippen molar-refractivity contribution in [1.82, 2.24) is 5.16 Å². The molecule has 1 saturated carbocycles. The van der Waals surface area contributed by atoms with Crippen LogP contribution in [0.15, 0.2) is 25.9 Å². The van der Waals surface area contributed by atoms with Gasteiger partial charge in [-0.05, 0) is 62.6 Å². The lowest BCUT2D eigenvalue weighted by Crippen LogP contribution is -2.41. The second-order valence-corrected chi connectivity index (χ2v) is 10.9. The molecule has 1 aromatic heterocycles. The first-order valence-corrected chi connectivity index (χ1v) is 12.3. The van der Waals surface area contributed by atoms with E-state index in [1.807, 2.05) is 32.0 Å². The maximum atomic E-state index is 12.0. The molecule has 1 aromatic carbocycles. The van der Waals surface area contributed by atoms with E-state index in [1.165, 1.54) is 4.90 Å². The second-order valence-electron chi connectivity index (χ2n) is 8.86. The summed E-state index contributed by atoms with van der Waals surface area (Å²) in [5, 5.41) is 23.0. The number of aryl methyl sites for hydroxylation is 1. The Labute approximate surface area is 192 Å². The average Bonchev–Trinajstić information content (AvgIpc) is 3.28. The topological polar surface area (TPSA) is 106 Å². The summed E-state index contributed by atoms with van der Waals surface area (Å²) in [7, 11) is 0. The number of hydrogen-bond donors (Lipinski definition) is 1. The molecule has 1 N–H and O–H groups in total. The highest BCUT2D eigenvalue weighted by Gasteiger charge is 2.37. The lowest BCUT2D eigenvalue weighted by molar-refractivity contribution is 0.164. The van der Waals surface area contributed by atoms with Gasteiger partial charge < -0.3 is 12.7 Å². The quantitative estimate of drug-likeness (QED) is 0.368. The molecule has 0 spiro atoms. The number of carboxylic acid groups (broad SMARTS) is 1. The van der Waals surface area contributed by atoms with Crippen molar-refractivity contribution >= 4 is 44.7 Å². The summed E-state index contributed by atoms with van der Waals surface area (Å²) < 4.78 is 12.4. The molecular formula is C22H26IN5O3. The van der Waals surface area contributed by atoms with Gasteiger partial charge in [0, 0.05) is 18.7 Å². The van der Waals surface area contributed by atoms with Gasteiger partial charge >= 0.3 is 6.09 Å². The molecule has 1 aliphatic carbocycles. The Bertz CT molecular complexity index is 1080. The van der Waals surface area contributed by atoms with Crippen LogP contribution in [0.4, 0.5) is 22.1 Å². The van der Waals surface area contributed by atoms with Gasteiger partial charge in [-0.1, -0.05) is 18.5 Å². The van der Waals surface area contributed by atoms with Gasteiger partial charge in [0.2, 0.25) is 5.88 Å². The number of aromatic nitrogens is 1. The van der Waals surface area contributed by atoms with Crippen LogP contribution < -0.4 is 8.01 Å². The normalized spacial score (nSPS) is 22.5. The number of amides is 1. The molecule has 2 aromatic rings. The zero-order valence-corrected chi connectivity index (χ0v) is 20.1. The number of fused-ring (bicyclic) bond motifs is 1. The Morgan fingerprint density at radius 2 is 2.29 bits per heavy atom. The fraction of sp³-hybridized carbons (Fsp3) is 0.500. The predicted octanol–water partition coefficient (Wildman–Crippen LogP) is 6.07. The monoisotopic (exact) mass is 535 g/mol. The molecule has 9 heteroatoms. The molecule has 164 valence electrons. The highest BCUT2D eigenvalue weighted by atomic mass is 127. The van der Waals surface area contributed by atoms with Gasteiger partial charge in [0.05, 0.1) is 28.7 Å². The summed E-state index contributed by atoms with van der Waals surface area (Å²) in [6.07, 6.45) is 3.10. The Morgan fingerprint density at radius 3 is 2.97 bits per heavy atom. The minimum atomic E-state index is -1.01. The Kier molecular flexibility index (Phi) is 6.01. The van der Waals surface area contributed by atoms with E-state index in [-0.39, 0.29) is 11.3 Å². The number of nitrogens with zero attached hydrogens (tertiary/aromatic N) is 5. The van der Waals surface area contributed by atoms with E-state index < -0.39 is 27.4 Å². The van der Waals surface area contributed by atoms with Crippen LogP contribution in [0.2, 0.25) is 0 Å². The van der Waals surface area contributed by atoms with Gasteiger partial charge in [0.15, 0.2) is 0 Å². The number of halogens is 1. The van der Waals surface area contributed by atoms with Crippen LogP contribution in [-0.2, 0) is 0 Å². The third kappa shape index (κ3) is 4.44. The zero-order chi connectivity index (χ0) is 22.2. The Balaban J connectivity index is 1.48. The van der Waals surface area contributed by atoms with Crippen LogP contribution in [0.3, 0.4) is 0 Å². The van der Waals surface area contributed by atoms with E-state index in [4.69, 9.17) is 7.67 Å². The second kappa shape index (κ2) is 8.57. The summed E-state index contributed by atoms with van der Waals surface area (Å²) in [6, 6.07) is 7.92. The lowest BCUT2D eigenvalue weighted by atomic mass is 9.70. The molecule has 0 radical (unpaired) electrons. The fourth-order valence-electron chi connectivity index (χ4n) is 4.61. The van der Waals surface area contributed by atoms with Crippen molar-refractivity contribution in [1.29, 1.82) is 5.26 Å². The summed E-state index contributed by atoms with van der Waals surface area (Å²) in [4.78, 5) is 13.3. The average molecular weight is 535 g/mol. The van der Waals surface area contributed by atoms with Crippen molar-refractivity contribution in [2.75, 3.05) is 21.1 Å². The third-order valence-corrected chi connectivity index (χ3v) is 8.45. The third-order valence-electron chi connectivity index (χ3n) is 6.33. The molecular weight excluding hydrogens is 509 g/mol. The minimum absolute atomic E-state index is 0.0684. The van der Waals surface area contributed by atoms with Gasteiger partial charge in [0.25, 0.3) is 0 Å². The molecule has 0 bridgehead atoms. The molecule has 2 atom stereocenters. The van der Waals surface area contributed by atoms with E-state index >= 15 is 0 Å². The van der Waals surface area contributed by atoms with E-state index in [1.54, 1.807) is 0 Å². The number of hydrogen-bond acceptors (Lipinski definition) is 6. The summed E-state index contributed by atoms with van der Waals surface area (Å²) in [6.45, 7) is 7.25. The lowest BCUT2D eigenvalue weighted by Gasteiger charge is -2.41. The number of anilines is 2. The smallest absolute Gasteiger partial charge is 0.414 e. The molecule has 1 amide bonds. The Hall–Kier alpha value is -2.48. The first-order valence-electron chi connectivity index (χ1n) is 10.4. The molecule has 1 aliphatic heterocycles. The van der Waals surface area contributed by atoms with Crippen molar-refractivity contribution < 1.29 is 14.4 Å². The standard InChI is InChI=1S/C22H26IN5O3/c1-14-15(2)26-31-20(14)27(21(29)30)12-17-5-4-8-22(3,10-17)13-28-19-9-16(11-24)6-7-18(19)25-23-28/h6-7,9,17H,4-5,8,10,12-13H2,1-3H3,(H,29,30). The molecule has 1 fully saturated rings. The zero-order valence-electron chi connectivity index (χ0n) is 17.9. The maximum Gasteiger partial charge on any atom is 0.414 e. The first kappa shape index (κ1) is 21.7. The number of carbonyl (C=O) groups is 1. The van der Waals surface area contributed by atoms with Gasteiger partial charge in [-0.3, -0.25) is 0 Å². The first-order chi connectivity index (χ1) is 14.8. The van der Waals surface area contributed by atoms with Crippen LogP contribution in [0.1, 0.15) is 49.4 Å². The van der Waals surface area contributed by atoms with E-state index in [2.05, 4.69) is 21.3 Å². The van der Waals surface area contributed by atoms with Crippen LogP contribution in [-0.4, -0.2) is 29.4 Å². The predicted molar refractivity (Wildman–Crippen MR) is 126 cm³/mol. The number of rotatable bonds is 5. The van der Waals surface area contributed by atoms with E-state index in [0.717, 1.165) is 49.2 Å². The highest BCUT2D eigenvalue weighted by Crippen LogP contribution is 2.48. The van der Waals surface area contributed by atoms with Gasteiger partial charge in [-0.25, -0.2) is 12.8 Å². The van der Waals surface area contributed by atoms with Crippen molar-refractivity contribution in [3.05, 3.63) is 35.0 Å². The van der Waals surface area contributed by atoms with Crippen LogP contribution in [0.5, 0.6) is 0 Å².